The Balaban J connectivity index is 1.95. The Hall–Kier alpha value is -0.410. The zero-order chi connectivity index (χ0) is 11.5. The van der Waals surface area contributed by atoms with Gasteiger partial charge in [0.05, 0.1) is 0 Å². The van der Waals surface area contributed by atoms with E-state index in [1.54, 1.807) is 6.07 Å². The van der Waals surface area contributed by atoms with E-state index in [1.807, 2.05) is 13.1 Å². The number of hydrogen-bond acceptors (Lipinski definition) is 1. The molecule has 0 amide bonds. The molecule has 1 atom stereocenters. The van der Waals surface area contributed by atoms with Gasteiger partial charge in [0.25, 0.3) is 0 Å². The molecule has 1 N–H and O–H groups in total. The van der Waals surface area contributed by atoms with Crippen LogP contribution >= 0.6 is 15.9 Å². The zero-order valence-corrected chi connectivity index (χ0v) is 11.1. The van der Waals surface area contributed by atoms with Gasteiger partial charge < -0.3 is 5.32 Å². The molecule has 2 rings (SSSR count). The highest BCUT2D eigenvalue weighted by Crippen LogP contribution is 2.34. The van der Waals surface area contributed by atoms with Gasteiger partial charge in [-0.3, -0.25) is 0 Å². The Morgan fingerprint density at radius 3 is 2.88 bits per heavy atom. The molecule has 1 aromatic rings. The van der Waals surface area contributed by atoms with Crippen LogP contribution in [-0.4, -0.2) is 13.1 Å². The van der Waals surface area contributed by atoms with Gasteiger partial charge in [0, 0.05) is 10.5 Å². The van der Waals surface area contributed by atoms with E-state index in [-0.39, 0.29) is 5.82 Å². The van der Waals surface area contributed by atoms with E-state index in [1.165, 1.54) is 18.9 Å². The Morgan fingerprint density at radius 2 is 2.25 bits per heavy atom. The van der Waals surface area contributed by atoms with E-state index in [0.717, 1.165) is 28.8 Å². The number of aryl methyl sites for hydroxylation is 1. The lowest BCUT2D eigenvalue weighted by atomic mass is 10.0. The third kappa shape index (κ3) is 3.05. The van der Waals surface area contributed by atoms with Crippen molar-refractivity contribution in [3.8, 4) is 0 Å². The summed E-state index contributed by atoms with van der Waals surface area (Å²) in [7, 11) is 2.00. The summed E-state index contributed by atoms with van der Waals surface area (Å²) in [6.07, 6.45) is 4.49. The quantitative estimate of drug-likeness (QED) is 0.873. The van der Waals surface area contributed by atoms with Crippen molar-refractivity contribution in [1.82, 2.24) is 5.32 Å². The van der Waals surface area contributed by atoms with E-state index in [4.69, 9.17) is 0 Å². The normalized spacial score (nSPS) is 17.4. The second kappa shape index (κ2) is 5.28. The molecule has 1 fully saturated rings. The van der Waals surface area contributed by atoms with E-state index >= 15 is 0 Å². The molecule has 88 valence electrons. The molecule has 1 aliphatic rings. The molecule has 1 saturated carbocycles. The average Bonchev–Trinajstić information content (AvgIpc) is 3.08. The van der Waals surface area contributed by atoms with Crippen LogP contribution < -0.4 is 5.32 Å². The minimum Gasteiger partial charge on any atom is -0.317 e. The number of benzene rings is 1. The van der Waals surface area contributed by atoms with Crippen molar-refractivity contribution in [2.75, 3.05) is 7.05 Å². The summed E-state index contributed by atoms with van der Waals surface area (Å²) in [5, 5.41) is 3.33. The van der Waals surface area contributed by atoms with Crippen LogP contribution in [0.4, 0.5) is 4.39 Å². The highest BCUT2D eigenvalue weighted by atomic mass is 79.9. The minimum atomic E-state index is -0.0890. The summed E-state index contributed by atoms with van der Waals surface area (Å²) in [5.41, 5.74) is 0.815. The SMILES string of the molecule is CNC(CCc1cc(Br)ccc1F)C1CC1. The molecule has 1 nitrogen and oxygen atoms in total. The van der Waals surface area contributed by atoms with Crippen LogP contribution in [-0.2, 0) is 6.42 Å². The largest absolute Gasteiger partial charge is 0.317 e. The zero-order valence-electron chi connectivity index (χ0n) is 9.47. The molecule has 0 saturated heterocycles. The predicted molar refractivity (Wildman–Crippen MR) is 68.0 cm³/mol. The van der Waals surface area contributed by atoms with Gasteiger partial charge in [0.2, 0.25) is 0 Å². The second-order valence-electron chi connectivity index (χ2n) is 4.51. The maximum atomic E-state index is 13.5. The van der Waals surface area contributed by atoms with Crippen molar-refractivity contribution in [2.24, 2.45) is 5.92 Å². The van der Waals surface area contributed by atoms with Gasteiger partial charge in [-0.15, -0.1) is 0 Å². The Kier molecular flexibility index (Phi) is 3.98. The molecule has 0 spiro atoms. The van der Waals surface area contributed by atoms with Crippen molar-refractivity contribution < 1.29 is 4.39 Å². The fraction of sp³-hybridized carbons (Fsp3) is 0.538. The smallest absolute Gasteiger partial charge is 0.126 e. The van der Waals surface area contributed by atoms with Gasteiger partial charge in [-0.05, 0) is 62.4 Å². The highest BCUT2D eigenvalue weighted by Gasteiger charge is 2.29. The molecule has 0 aromatic heterocycles. The first-order valence-electron chi connectivity index (χ1n) is 5.82. The summed E-state index contributed by atoms with van der Waals surface area (Å²) in [5.74, 6) is 0.731. The van der Waals surface area contributed by atoms with Gasteiger partial charge in [0.15, 0.2) is 0 Å². The van der Waals surface area contributed by atoms with Gasteiger partial charge in [-0.1, -0.05) is 15.9 Å². The second-order valence-corrected chi connectivity index (χ2v) is 5.42. The number of hydrogen-bond donors (Lipinski definition) is 1. The molecule has 1 aliphatic carbocycles. The van der Waals surface area contributed by atoms with E-state index in [0.29, 0.717) is 6.04 Å². The van der Waals surface area contributed by atoms with Crippen molar-refractivity contribution in [1.29, 1.82) is 0 Å². The monoisotopic (exact) mass is 285 g/mol. The van der Waals surface area contributed by atoms with Crippen molar-refractivity contribution in [2.45, 2.75) is 31.7 Å². The first kappa shape index (κ1) is 12.1. The Labute approximate surface area is 105 Å². The van der Waals surface area contributed by atoms with Gasteiger partial charge in [-0.2, -0.15) is 0 Å². The lowest BCUT2D eigenvalue weighted by molar-refractivity contribution is 0.465. The highest BCUT2D eigenvalue weighted by molar-refractivity contribution is 9.10. The number of rotatable bonds is 5. The van der Waals surface area contributed by atoms with Gasteiger partial charge in [-0.25, -0.2) is 4.39 Å². The summed E-state index contributed by atoms with van der Waals surface area (Å²) in [6, 6.07) is 5.72. The first-order chi connectivity index (χ1) is 7.70. The van der Waals surface area contributed by atoms with Crippen LogP contribution in [0.3, 0.4) is 0 Å². The van der Waals surface area contributed by atoms with E-state index < -0.39 is 0 Å². The summed E-state index contributed by atoms with van der Waals surface area (Å²) < 4.78 is 14.5. The van der Waals surface area contributed by atoms with E-state index in [2.05, 4.69) is 21.2 Å². The Morgan fingerprint density at radius 1 is 1.50 bits per heavy atom. The first-order valence-corrected chi connectivity index (χ1v) is 6.61. The van der Waals surface area contributed by atoms with Gasteiger partial charge >= 0.3 is 0 Å². The van der Waals surface area contributed by atoms with Crippen LogP contribution in [0.15, 0.2) is 22.7 Å². The molecule has 0 bridgehead atoms. The van der Waals surface area contributed by atoms with Crippen LogP contribution in [0.1, 0.15) is 24.8 Å². The third-order valence-electron chi connectivity index (χ3n) is 3.29. The molecular formula is C13H17BrFN. The van der Waals surface area contributed by atoms with Crippen molar-refractivity contribution >= 4 is 15.9 Å². The summed E-state index contributed by atoms with van der Waals surface area (Å²) in [6.45, 7) is 0. The Bertz CT molecular complexity index is 363. The standard InChI is InChI=1S/C13H17BrFN/c1-16-13(9-2-3-9)7-4-10-8-11(14)5-6-12(10)15/h5-6,8-9,13,16H,2-4,7H2,1H3. The van der Waals surface area contributed by atoms with Crippen LogP contribution in [0, 0.1) is 11.7 Å². The predicted octanol–water partition coefficient (Wildman–Crippen LogP) is 3.52. The minimum absolute atomic E-state index is 0.0890. The molecule has 0 aliphatic heterocycles. The maximum absolute atomic E-state index is 13.5. The fourth-order valence-corrected chi connectivity index (χ4v) is 2.57. The summed E-state index contributed by atoms with van der Waals surface area (Å²) in [4.78, 5) is 0. The topological polar surface area (TPSA) is 12.0 Å². The maximum Gasteiger partial charge on any atom is 0.126 e. The number of halogens is 2. The van der Waals surface area contributed by atoms with Crippen LogP contribution in [0.2, 0.25) is 0 Å². The molecule has 16 heavy (non-hydrogen) atoms. The number of nitrogens with one attached hydrogen (secondary N) is 1. The molecule has 3 heteroatoms. The summed E-state index contributed by atoms with van der Waals surface area (Å²) >= 11 is 3.38. The molecule has 1 aromatic carbocycles. The molecule has 0 heterocycles. The lowest BCUT2D eigenvalue weighted by Crippen LogP contribution is -2.27. The lowest BCUT2D eigenvalue weighted by Gasteiger charge is -2.15. The third-order valence-corrected chi connectivity index (χ3v) is 3.79. The van der Waals surface area contributed by atoms with Crippen LogP contribution in [0.5, 0.6) is 0 Å². The molecule has 1 unspecified atom stereocenters. The van der Waals surface area contributed by atoms with E-state index in [9.17, 15) is 4.39 Å². The van der Waals surface area contributed by atoms with Crippen molar-refractivity contribution in [3.05, 3.63) is 34.1 Å². The van der Waals surface area contributed by atoms with Gasteiger partial charge in [0.1, 0.15) is 5.82 Å². The van der Waals surface area contributed by atoms with Crippen molar-refractivity contribution in [3.63, 3.8) is 0 Å². The molecule has 0 radical (unpaired) electrons. The fourth-order valence-electron chi connectivity index (χ4n) is 2.16. The van der Waals surface area contributed by atoms with Crippen LogP contribution in [0.25, 0.3) is 0 Å². The average molecular weight is 286 g/mol. The molecular weight excluding hydrogens is 269 g/mol.